The van der Waals surface area contributed by atoms with Crippen molar-refractivity contribution in [3.05, 3.63) is 102 Å². The molecule has 1 atom stereocenters. The third-order valence-electron chi connectivity index (χ3n) is 4.93. The second-order valence-corrected chi connectivity index (χ2v) is 6.58. The summed E-state index contributed by atoms with van der Waals surface area (Å²) in [5.41, 5.74) is 6.33. The predicted octanol–water partition coefficient (Wildman–Crippen LogP) is 4.99. The average Bonchev–Trinajstić information content (AvgIpc) is 3.20. The summed E-state index contributed by atoms with van der Waals surface area (Å²) >= 11 is 0. The summed E-state index contributed by atoms with van der Waals surface area (Å²) in [5, 5.41) is 7.11. The Balaban J connectivity index is 1.64. The Hall–Kier alpha value is -3.53. The van der Waals surface area contributed by atoms with Gasteiger partial charge in [0, 0.05) is 24.4 Å². The van der Waals surface area contributed by atoms with Crippen LogP contribution in [0.15, 0.2) is 96.4 Å². The van der Waals surface area contributed by atoms with Crippen LogP contribution in [0, 0.1) is 0 Å². The molecule has 0 spiro atoms. The molecule has 0 fully saturated rings. The summed E-state index contributed by atoms with van der Waals surface area (Å²) < 4.78 is 0. The molecule has 130 valence electrons. The number of nitrogens with zero attached hydrogens (tertiary/aromatic N) is 4. The Bertz CT molecular complexity index is 1100. The quantitative estimate of drug-likeness (QED) is 0.523. The summed E-state index contributed by atoms with van der Waals surface area (Å²) in [6.07, 6.45) is 4.32. The lowest BCUT2D eigenvalue weighted by Crippen LogP contribution is -2.19. The third-order valence-corrected chi connectivity index (χ3v) is 4.93. The van der Waals surface area contributed by atoms with E-state index in [2.05, 4.69) is 63.5 Å². The van der Waals surface area contributed by atoms with Crippen LogP contribution in [0.4, 0.5) is 5.69 Å². The minimum absolute atomic E-state index is 0.0861. The number of aromatic nitrogens is 2. The molecule has 0 saturated heterocycles. The Morgan fingerprint density at radius 1 is 0.741 bits per heavy atom. The fourth-order valence-corrected chi connectivity index (χ4v) is 3.66. The molecule has 0 radical (unpaired) electrons. The van der Waals surface area contributed by atoms with Gasteiger partial charge in [-0.2, -0.15) is 5.10 Å². The van der Waals surface area contributed by atoms with E-state index < -0.39 is 0 Å². The van der Waals surface area contributed by atoms with Crippen molar-refractivity contribution in [2.75, 3.05) is 5.01 Å². The second kappa shape index (κ2) is 6.65. The van der Waals surface area contributed by atoms with Crippen LogP contribution in [-0.4, -0.2) is 15.7 Å². The van der Waals surface area contributed by atoms with E-state index in [-0.39, 0.29) is 6.04 Å². The smallest absolute Gasteiger partial charge is 0.0940 e. The molecule has 0 saturated carbocycles. The summed E-state index contributed by atoms with van der Waals surface area (Å²) in [6.45, 7) is 0. The molecular formula is C23H18N4. The molecule has 0 bridgehead atoms. The Morgan fingerprint density at radius 3 is 2.30 bits per heavy atom. The van der Waals surface area contributed by atoms with Crippen LogP contribution in [0.25, 0.3) is 11.0 Å². The molecule has 1 aromatic heterocycles. The molecule has 0 N–H and O–H groups in total. The van der Waals surface area contributed by atoms with Gasteiger partial charge in [0.2, 0.25) is 0 Å². The van der Waals surface area contributed by atoms with Gasteiger partial charge < -0.3 is 0 Å². The van der Waals surface area contributed by atoms with Gasteiger partial charge >= 0.3 is 0 Å². The second-order valence-electron chi connectivity index (χ2n) is 6.58. The van der Waals surface area contributed by atoms with Gasteiger partial charge in [0.1, 0.15) is 0 Å². The van der Waals surface area contributed by atoms with Crippen LogP contribution >= 0.6 is 0 Å². The van der Waals surface area contributed by atoms with Gasteiger partial charge in [-0.15, -0.1) is 0 Å². The van der Waals surface area contributed by atoms with E-state index in [1.807, 2.05) is 30.3 Å². The lowest BCUT2D eigenvalue weighted by molar-refractivity contribution is 0.712. The van der Waals surface area contributed by atoms with E-state index in [9.17, 15) is 0 Å². The first kappa shape index (κ1) is 15.7. The van der Waals surface area contributed by atoms with Gasteiger partial charge in [0.15, 0.2) is 0 Å². The van der Waals surface area contributed by atoms with E-state index in [1.54, 1.807) is 12.4 Å². The molecule has 5 rings (SSSR count). The third kappa shape index (κ3) is 2.85. The number of hydrogen-bond acceptors (Lipinski definition) is 4. The number of hydrazone groups is 1. The van der Waals surface area contributed by atoms with Crippen molar-refractivity contribution in [3.63, 3.8) is 0 Å². The van der Waals surface area contributed by atoms with Crippen molar-refractivity contribution >= 4 is 22.4 Å². The highest BCUT2D eigenvalue weighted by Crippen LogP contribution is 2.38. The zero-order valence-corrected chi connectivity index (χ0v) is 14.7. The first-order valence-corrected chi connectivity index (χ1v) is 9.07. The standard InChI is InChI=1S/C23H18N4/c1-3-8-17(9-4-1)21-16-22(27(26-21)18-10-5-2-6-11-18)19-12-7-13-20-23(19)25-15-14-24-20/h1-15,22H,16H2/t22-/m0/s1. The Kier molecular flexibility index (Phi) is 3.87. The van der Waals surface area contributed by atoms with Crippen molar-refractivity contribution < 1.29 is 0 Å². The topological polar surface area (TPSA) is 41.4 Å². The average molecular weight is 350 g/mol. The number of benzene rings is 3. The van der Waals surface area contributed by atoms with Gasteiger partial charge in [0.25, 0.3) is 0 Å². The summed E-state index contributed by atoms with van der Waals surface area (Å²) in [7, 11) is 0. The maximum Gasteiger partial charge on any atom is 0.0940 e. The molecule has 4 aromatic rings. The van der Waals surface area contributed by atoms with Crippen molar-refractivity contribution in [1.29, 1.82) is 0 Å². The molecule has 2 heterocycles. The molecule has 1 aliphatic heterocycles. The van der Waals surface area contributed by atoms with E-state index in [0.29, 0.717) is 0 Å². The maximum absolute atomic E-state index is 4.99. The van der Waals surface area contributed by atoms with E-state index in [0.717, 1.165) is 40.0 Å². The highest BCUT2D eigenvalue weighted by Gasteiger charge is 2.31. The van der Waals surface area contributed by atoms with Crippen LogP contribution in [-0.2, 0) is 0 Å². The lowest BCUT2D eigenvalue weighted by atomic mass is 9.97. The minimum atomic E-state index is 0.0861. The van der Waals surface area contributed by atoms with Crippen molar-refractivity contribution in [2.45, 2.75) is 12.5 Å². The number of hydrogen-bond donors (Lipinski definition) is 0. The van der Waals surface area contributed by atoms with Gasteiger partial charge in [-0.05, 0) is 23.8 Å². The molecule has 4 nitrogen and oxygen atoms in total. The highest BCUT2D eigenvalue weighted by molar-refractivity contribution is 6.03. The van der Waals surface area contributed by atoms with Crippen LogP contribution in [0.2, 0.25) is 0 Å². The number of fused-ring (bicyclic) bond motifs is 1. The monoisotopic (exact) mass is 350 g/mol. The van der Waals surface area contributed by atoms with Crippen molar-refractivity contribution in [3.8, 4) is 0 Å². The summed E-state index contributed by atoms with van der Waals surface area (Å²) in [4.78, 5) is 9.08. The van der Waals surface area contributed by atoms with Crippen LogP contribution in [0.5, 0.6) is 0 Å². The number of rotatable bonds is 3. The van der Waals surface area contributed by atoms with E-state index in [4.69, 9.17) is 5.10 Å². The van der Waals surface area contributed by atoms with Crippen LogP contribution in [0.3, 0.4) is 0 Å². The van der Waals surface area contributed by atoms with Crippen molar-refractivity contribution in [1.82, 2.24) is 9.97 Å². The molecule has 1 aliphatic rings. The van der Waals surface area contributed by atoms with Gasteiger partial charge in [-0.25, -0.2) is 0 Å². The number of para-hydroxylation sites is 2. The fourth-order valence-electron chi connectivity index (χ4n) is 3.66. The Labute approximate surface area is 157 Å². The molecule has 4 heteroatoms. The predicted molar refractivity (Wildman–Crippen MR) is 109 cm³/mol. The molecule has 27 heavy (non-hydrogen) atoms. The first-order chi connectivity index (χ1) is 13.4. The zero-order valence-electron chi connectivity index (χ0n) is 14.7. The minimum Gasteiger partial charge on any atom is -0.257 e. The summed E-state index contributed by atoms with van der Waals surface area (Å²) in [5.74, 6) is 0. The molecule has 0 aliphatic carbocycles. The first-order valence-electron chi connectivity index (χ1n) is 9.07. The van der Waals surface area contributed by atoms with Crippen LogP contribution < -0.4 is 5.01 Å². The van der Waals surface area contributed by atoms with Gasteiger partial charge in [0.05, 0.1) is 28.5 Å². The zero-order chi connectivity index (χ0) is 18.1. The lowest BCUT2D eigenvalue weighted by Gasteiger charge is -2.24. The van der Waals surface area contributed by atoms with Gasteiger partial charge in [-0.3, -0.25) is 15.0 Å². The SMILES string of the molecule is c1ccc(C2=NN(c3ccccc3)[C@H](c3cccc4nccnc34)C2)cc1. The molecule has 0 unspecified atom stereocenters. The Morgan fingerprint density at radius 2 is 1.48 bits per heavy atom. The molecule has 3 aromatic carbocycles. The fraction of sp³-hybridized carbons (Fsp3) is 0.0870. The normalized spacial score (nSPS) is 16.5. The largest absolute Gasteiger partial charge is 0.257 e. The molecular weight excluding hydrogens is 332 g/mol. The highest BCUT2D eigenvalue weighted by atomic mass is 15.5. The molecule has 0 amide bonds. The van der Waals surface area contributed by atoms with Crippen LogP contribution in [0.1, 0.15) is 23.6 Å². The summed E-state index contributed by atoms with van der Waals surface area (Å²) in [6, 6.07) is 27.0. The van der Waals surface area contributed by atoms with E-state index >= 15 is 0 Å². The maximum atomic E-state index is 4.99. The van der Waals surface area contributed by atoms with Crippen molar-refractivity contribution in [2.24, 2.45) is 5.10 Å². The number of anilines is 1. The van der Waals surface area contributed by atoms with Gasteiger partial charge in [-0.1, -0.05) is 60.7 Å². The van der Waals surface area contributed by atoms with E-state index in [1.165, 1.54) is 0 Å².